The largest absolute Gasteiger partial charge is 0.493 e. The molecule has 4 atom stereocenters. The van der Waals surface area contributed by atoms with Crippen molar-refractivity contribution >= 4 is 35.1 Å². The van der Waals surface area contributed by atoms with Crippen LogP contribution in [-0.2, 0) is 4.79 Å². The van der Waals surface area contributed by atoms with E-state index in [1.54, 1.807) is 12.1 Å². The minimum absolute atomic E-state index is 0.0244. The summed E-state index contributed by atoms with van der Waals surface area (Å²) in [5.41, 5.74) is 1.88. The van der Waals surface area contributed by atoms with E-state index in [0.717, 1.165) is 49.9 Å². The van der Waals surface area contributed by atoms with Crippen LogP contribution >= 0.6 is 23.2 Å². The van der Waals surface area contributed by atoms with Gasteiger partial charge < -0.3 is 14.7 Å². The first kappa shape index (κ1) is 29.2. The fourth-order valence-electron chi connectivity index (χ4n) is 6.22. The van der Waals surface area contributed by atoms with Crippen LogP contribution in [0.25, 0.3) is 0 Å². The molecule has 40 heavy (non-hydrogen) atoms. The molecule has 0 bridgehead atoms. The van der Waals surface area contributed by atoms with Crippen LogP contribution in [0, 0.1) is 17.7 Å². The van der Waals surface area contributed by atoms with Crippen molar-refractivity contribution in [1.29, 1.82) is 0 Å². The molecular weight excluding hydrogens is 554 g/mol. The maximum Gasteiger partial charge on any atom is 0.326 e. The van der Waals surface area contributed by atoms with Crippen LogP contribution in [0.1, 0.15) is 86.3 Å². The van der Waals surface area contributed by atoms with Gasteiger partial charge in [0.25, 0.3) is 5.91 Å². The van der Waals surface area contributed by atoms with Crippen LogP contribution in [0.2, 0.25) is 10.0 Å². The number of carboxylic acids is 1. The van der Waals surface area contributed by atoms with Crippen molar-refractivity contribution < 1.29 is 23.8 Å². The highest BCUT2D eigenvalue weighted by atomic mass is 35.5. The second kappa shape index (κ2) is 11.9. The van der Waals surface area contributed by atoms with Crippen LogP contribution in [0.3, 0.4) is 0 Å². The summed E-state index contributed by atoms with van der Waals surface area (Å²) in [7, 11) is 0. The number of ether oxygens (including phenoxy) is 1. The zero-order chi connectivity index (χ0) is 28.7. The monoisotopic (exact) mass is 590 g/mol. The van der Waals surface area contributed by atoms with Crippen molar-refractivity contribution in [3.8, 4) is 5.75 Å². The molecule has 216 valence electrons. The van der Waals surface area contributed by atoms with E-state index in [4.69, 9.17) is 27.9 Å². The maximum absolute atomic E-state index is 15.4. The van der Waals surface area contributed by atoms with Crippen LogP contribution in [0.15, 0.2) is 30.3 Å². The second-order valence-corrected chi connectivity index (χ2v) is 12.7. The third-order valence-electron chi connectivity index (χ3n) is 9.10. The molecule has 2 heterocycles. The summed E-state index contributed by atoms with van der Waals surface area (Å²) in [5, 5.41) is 10.9. The fraction of sp³-hybridized carbons (Fsp3) is 0.548. The first-order valence-corrected chi connectivity index (χ1v) is 15.0. The van der Waals surface area contributed by atoms with Crippen LogP contribution in [0.5, 0.6) is 5.75 Å². The lowest BCUT2D eigenvalue weighted by Gasteiger charge is -2.36. The molecule has 1 amide bonds. The maximum atomic E-state index is 15.4. The predicted molar refractivity (Wildman–Crippen MR) is 154 cm³/mol. The minimum Gasteiger partial charge on any atom is -0.493 e. The highest BCUT2D eigenvalue weighted by molar-refractivity contribution is 6.34. The van der Waals surface area contributed by atoms with E-state index in [-0.39, 0.29) is 29.5 Å². The van der Waals surface area contributed by atoms with E-state index in [1.165, 1.54) is 11.0 Å². The fourth-order valence-corrected chi connectivity index (χ4v) is 6.76. The van der Waals surface area contributed by atoms with E-state index in [9.17, 15) is 14.7 Å². The summed E-state index contributed by atoms with van der Waals surface area (Å²) in [5.74, 6) is -1.17. The molecule has 6 nitrogen and oxygen atoms in total. The lowest BCUT2D eigenvalue weighted by molar-refractivity contribution is -0.141. The van der Waals surface area contributed by atoms with Crippen LogP contribution in [-0.4, -0.2) is 58.6 Å². The Bertz CT molecular complexity index is 1260. The van der Waals surface area contributed by atoms with Gasteiger partial charge in [-0.2, -0.15) is 0 Å². The summed E-state index contributed by atoms with van der Waals surface area (Å²) in [6.07, 6.45) is 4.21. The third-order valence-corrected chi connectivity index (χ3v) is 9.53. The van der Waals surface area contributed by atoms with Gasteiger partial charge in [-0.15, -0.1) is 0 Å². The van der Waals surface area contributed by atoms with Crippen LogP contribution < -0.4 is 4.74 Å². The summed E-state index contributed by atoms with van der Waals surface area (Å²) in [4.78, 5) is 29.0. The first-order valence-electron chi connectivity index (χ1n) is 14.2. The molecule has 0 spiro atoms. The van der Waals surface area contributed by atoms with Gasteiger partial charge in [-0.1, -0.05) is 30.1 Å². The zero-order valence-electron chi connectivity index (χ0n) is 23.2. The molecule has 0 aromatic heterocycles. The molecule has 3 fully saturated rings. The molecule has 0 radical (unpaired) electrons. The number of halogens is 3. The topological polar surface area (TPSA) is 70.1 Å². The van der Waals surface area contributed by atoms with Crippen molar-refractivity contribution in [3.05, 3.63) is 62.9 Å². The Kier molecular flexibility index (Phi) is 8.65. The number of nitrogens with zero attached hydrogens (tertiary/aromatic N) is 2. The van der Waals surface area contributed by atoms with Gasteiger partial charge in [-0.05, 0) is 112 Å². The predicted octanol–water partition coefficient (Wildman–Crippen LogP) is 7.19. The molecule has 9 heteroatoms. The molecule has 0 unspecified atom stereocenters. The molecule has 2 aliphatic heterocycles. The molecule has 3 aliphatic rings. The Balaban J connectivity index is 1.24. The van der Waals surface area contributed by atoms with Gasteiger partial charge in [-0.25, -0.2) is 9.18 Å². The number of amides is 1. The van der Waals surface area contributed by atoms with Crippen molar-refractivity contribution in [2.45, 2.75) is 76.9 Å². The minimum atomic E-state index is -1.05. The summed E-state index contributed by atoms with van der Waals surface area (Å²) in [6, 6.07) is 7.58. The molecule has 1 aliphatic carbocycles. The SMILES string of the molecule is C[C@@H]1C[C@@H](C(=O)O)N(C(=O)c2cc(C3CC3)c(OCC3CCN([C@@H](C)c4cc(Cl)cc(Cl)c4)CC3)cc2F)[C@@H]1C. The Morgan fingerprint density at radius 2 is 1.70 bits per heavy atom. The molecule has 1 N–H and O–H groups in total. The smallest absolute Gasteiger partial charge is 0.326 e. The average molecular weight is 592 g/mol. The second-order valence-electron chi connectivity index (χ2n) is 11.8. The van der Waals surface area contributed by atoms with E-state index in [2.05, 4.69) is 11.8 Å². The number of benzene rings is 2. The molecule has 2 aromatic carbocycles. The third kappa shape index (κ3) is 6.12. The van der Waals surface area contributed by atoms with Gasteiger partial charge in [0.05, 0.1) is 12.2 Å². The molecule has 1 saturated carbocycles. The van der Waals surface area contributed by atoms with Crippen molar-refractivity contribution in [1.82, 2.24) is 9.80 Å². The van der Waals surface area contributed by atoms with Crippen molar-refractivity contribution in [2.75, 3.05) is 19.7 Å². The zero-order valence-corrected chi connectivity index (χ0v) is 24.7. The Labute approximate surface area is 245 Å². The van der Waals surface area contributed by atoms with E-state index in [1.807, 2.05) is 26.0 Å². The van der Waals surface area contributed by atoms with E-state index in [0.29, 0.717) is 34.7 Å². The number of hydrogen-bond acceptors (Lipinski definition) is 4. The van der Waals surface area contributed by atoms with Gasteiger partial charge in [0.15, 0.2) is 0 Å². The summed E-state index contributed by atoms with van der Waals surface area (Å²) in [6.45, 7) is 8.23. The van der Waals surface area contributed by atoms with Crippen molar-refractivity contribution in [2.24, 2.45) is 11.8 Å². The lowest BCUT2D eigenvalue weighted by Crippen LogP contribution is -2.44. The molecular formula is C31H37Cl2FN2O4. The first-order chi connectivity index (χ1) is 19.0. The Morgan fingerprint density at radius 3 is 2.30 bits per heavy atom. The number of carboxylic acid groups (broad SMARTS) is 1. The average Bonchev–Trinajstić information content (AvgIpc) is 3.71. The highest BCUT2D eigenvalue weighted by Crippen LogP contribution is 2.46. The normalized spacial score (nSPS) is 24.8. The van der Waals surface area contributed by atoms with E-state index < -0.39 is 23.7 Å². The number of piperidine rings is 1. The summed E-state index contributed by atoms with van der Waals surface area (Å²) < 4.78 is 21.6. The molecule has 2 aromatic rings. The van der Waals surface area contributed by atoms with Crippen LogP contribution in [0.4, 0.5) is 4.39 Å². The quantitative estimate of drug-likeness (QED) is 0.352. The van der Waals surface area contributed by atoms with Gasteiger partial charge in [-0.3, -0.25) is 9.69 Å². The summed E-state index contributed by atoms with van der Waals surface area (Å²) >= 11 is 12.4. The number of carbonyl (C=O) groups is 2. The number of hydrogen-bond donors (Lipinski definition) is 1. The van der Waals surface area contributed by atoms with Gasteiger partial charge in [0, 0.05) is 28.2 Å². The Morgan fingerprint density at radius 1 is 1.05 bits per heavy atom. The number of likely N-dealkylation sites (tertiary alicyclic amines) is 2. The standard InChI is InChI=1S/C31H37Cl2FN2O4/c1-17-10-28(31(38)39)36(18(17)2)30(37)26-14-25(21-4-5-21)29(15-27(26)34)40-16-20-6-8-35(9-7-20)19(3)22-11-23(32)13-24(33)12-22/h11-15,17-21,28H,4-10,16H2,1-3H3,(H,38,39)/t17-,18-,19+,28+/m1/s1. The Hall–Kier alpha value is -2.35. The van der Waals surface area contributed by atoms with Crippen molar-refractivity contribution in [3.63, 3.8) is 0 Å². The number of rotatable bonds is 8. The lowest BCUT2D eigenvalue weighted by atomic mass is 9.95. The molecule has 2 saturated heterocycles. The highest BCUT2D eigenvalue weighted by Gasteiger charge is 2.44. The van der Waals surface area contributed by atoms with E-state index >= 15 is 4.39 Å². The number of aliphatic carboxylic acids is 1. The number of carbonyl (C=O) groups excluding carboxylic acids is 1. The molecule has 5 rings (SSSR count). The van der Waals surface area contributed by atoms with Gasteiger partial charge in [0.1, 0.15) is 17.6 Å². The van der Waals surface area contributed by atoms with Gasteiger partial charge in [0.2, 0.25) is 0 Å². The van der Waals surface area contributed by atoms with Gasteiger partial charge >= 0.3 is 5.97 Å².